The molecule has 0 aliphatic rings. The van der Waals surface area contributed by atoms with E-state index in [2.05, 4.69) is 69.2 Å². The molecule has 0 heterocycles. The number of nitrogens with one attached hydrogen (secondary N) is 1. The number of hydrogen-bond acceptors (Lipinski definition) is 2. The topological polar surface area (TPSA) is 15.3 Å². The van der Waals surface area contributed by atoms with E-state index >= 15 is 0 Å². The molecule has 0 saturated heterocycles. The molecule has 0 aliphatic carbocycles. The van der Waals surface area contributed by atoms with Crippen molar-refractivity contribution in [3.63, 3.8) is 0 Å². The van der Waals surface area contributed by atoms with E-state index in [1.54, 1.807) is 0 Å². The molecule has 96 valence electrons. The van der Waals surface area contributed by atoms with Crippen molar-refractivity contribution in [2.24, 2.45) is 0 Å². The Balaban J connectivity index is 2.98. The quantitative estimate of drug-likeness (QED) is 0.809. The second-order valence-electron chi connectivity index (χ2n) is 4.71. The number of rotatable bonds is 6. The molecular formula is C15H26N2. The van der Waals surface area contributed by atoms with E-state index in [-0.39, 0.29) is 0 Å². The lowest BCUT2D eigenvalue weighted by Crippen LogP contribution is -2.30. The average molecular weight is 234 g/mol. The molecule has 0 aliphatic heterocycles. The average Bonchev–Trinajstić information content (AvgIpc) is 2.37. The van der Waals surface area contributed by atoms with Gasteiger partial charge in [0.05, 0.1) is 0 Å². The standard InChI is InChI=1S/C15H26N2/c1-6-12(3)17(5)15-11-9-8-10-14(15)13(4)16-7-2/h8-13,16H,6-7H2,1-5H3. The molecule has 0 saturated carbocycles. The van der Waals surface area contributed by atoms with E-state index in [0.29, 0.717) is 12.1 Å². The fraction of sp³-hybridized carbons (Fsp3) is 0.600. The van der Waals surface area contributed by atoms with Crippen LogP contribution in [-0.4, -0.2) is 19.6 Å². The largest absolute Gasteiger partial charge is 0.372 e. The predicted octanol–water partition coefficient (Wildman–Crippen LogP) is 3.59. The van der Waals surface area contributed by atoms with Crippen LogP contribution in [0.3, 0.4) is 0 Å². The zero-order valence-corrected chi connectivity index (χ0v) is 11.8. The summed E-state index contributed by atoms with van der Waals surface area (Å²) in [5.41, 5.74) is 2.73. The number of benzene rings is 1. The molecule has 0 amide bonds. The molecule has 0 aromatic heterocycles. The lowest BCUT2D eigenvalue weighted by molar-refractivity contribution is 0.590. The Labute approximate surface area is 106 Å². The minimum atomic E-state index is 0.405. The minimum Gasteiger partial charge on any atom is -0.372 e. The number of nitrogens with zero attached hydrogens (tertiary/aromatic N) is 1. The highest BCUT2D eigenvalue weighted by Crippen LogP contribution is 2.27. The minimum absolute atomic E-state index is 0.405. The molecular weight excluding hydrogens is 208 g/mol. The SMILES string of the molecule is CCNC(C)c1ccccc1N(C)C(C)CC. The van der Waals surface area contributed by atoms with E-state index in [1.165, 1.54) is 17.7 Å². The molecule has 1 aromatic carbocycles. The number of hydrogen-bond donors (Lipinski definition) is 1. The second-order valence-corrected chi connectivity index (χ2v) is 4.71. The third-order valence-electron chi connectivity index (χ3n) is 3.55. The van der Waals surface area contributed by atoms with E-state index in [9.17, 15) is 0 Å². The van der Waals surface area contributed by atoms with Gasteiger partial charge in [0, 0.05) is 24.8 Å². The first-order valence-corrected chi connectivity index (χ1v) is 6.66. The first-order valence-electron chi connectivity index (χ1n) is 6.66. The Hall–Kier alpha value is -1.02. The smallest absolute Gasteiger partial charge is 0.0414 e. The zero-order chi connectivity index (χ0) is 12.8. The van der Waals surface area contributed by atoms with Crippen LogP contribution in [0.15, 0.2) is 24.3 Å². The lowest BCUT2D eigenvalue weighted by Gasteiger charge is -2.30. The first kappa shape index (κ1) is 14.0. The molecule has 0 radical (unpaired) electrons. The summed E-state index contributed by atoms with van der Waals surface area (Å²) in [6.07, 6.45) is 1.17. The molecule has 1 rings (SSSR count). The van der Waals surface area contributed by atoms with Crippen LogP contribution in [0, 0.1) is 0 Å². The van der Waals surface area contributed by atoms with Gasteiger partial charge in [0.15, 0.2) is 0 Å². The van der Waals surface area contributed by atoms with Crippen molar-refractivity contribution >= 4 is 5.69 Å². The normalized spacial score (nSPS) is 14.4. The first-order chi connectivity index (χ1) is 8.11. The van der Waals surface area contributed by atoms with Crippen LogP contribution in [-0.2, 0) is 0 Å². The summed E-state index contributed by atoms with van der Waals surface area (Å²) in [5.74, 6) is 0. The maximum absolute atomic E-state index is 3.49. The molecule has 0 bridgehead atoms. The summed E-state index contributed by atoms with van der Waals surface area (Å²) in [5, 5.41) is 3.49. The van der Waals surface area contributed by atoms with Gasteiger partial charge in [0.1, 0.15) is 0 Å². The highest BCUT2D eigenvalue weighted by atomic mass is 15.1. The third kappa shape index (κ3) is 3.47. The van der Waals surface area contributed by atoms with Crippen molar-refractivity contribution < 1.29 is 0 Å². The van der Waals surface area contributed by atoms with Gasteiger partial charge in [-0.1, -0.05) is 32.0 Å². The number of anilines is 1. The molecule has 17 heavy (non-hydrogen) atoms. The van der Waals surface area contributed by atoms with Crippen molar-refractivity contribution in [3.8, 4) is 0 Å². The fourth-order valence-electron chi connectivity index (χ4n) is 2.10. The van der Waals surface area contributed by atoms with Gasteiger partial charge in [-0.2, -0.15) is 0 Å². The molecule has 2 unspecified atom stereocenters. The van der Waals surface area contributed by atoms with Crippen LogP contribution >= 0.6 is 0 Å². The summed E-state index contributed by atoms with van der Waals surface area (Å²) in [7, 11) is 2.19. The van der Waals surface area contributed by atoms with Gasteiger partial charge >= 0.3 is 0 Å². The van der Waals surface area contributed by atoms with Crippen LogP contribution in [0.25, 0.3) is 0 Å². The summed E-state index contributed by atoms with van der Waals surface area (Å²) >= 11 is 0. The van der Waals surface area contributed by atoms with Crippen molar-refractivity contribution in [2.45, 2.75) is 46.2 Å². The van der Waals surface area contributed by atoms with Crippen LogP contribution in [0.1, 0.15) is 45.7 Å². The molecule has 0 spiro atoms. The van der Waals surface area contributed by atoms with E-state index in [1.807, 2.05) is 0 Å². The van der Waals surface area contributed by atoms with Gasteiger partial charge in [-0.3, -0.25) is 0 Å². The summed E-state index contributed by atoms with van der Waals surface area (Å²) in [4.78, 5) is 2.38. The predicted molar refractivity (Wildman–Crippen MR) is 76.7 cm³/mol. The van der Waals surface area contributed by atoms with Crippen LogP contribution < -0.4 is 10.2 Å². The van der Waals surface area contributed by atoms with Gasteiger partial charge in [-0.15, -0.1) is 0 Å². The highest BCUT2D eigenvalue weighted by molar-refractivity contribution is 5.55. The fourth-order valence-corrected chi connectivity index (χ4v) is 2.10. The van der Waals surface area contributed by atoms with Crippen molar-refractivity contribution in [1.82, 2.24) is 5.32 Å². The maximum Gasteiger partial charge on any atom is 0.0414 e. The van der Waals surface area contributed by atoms with Crippen LogP contribution in [0.5, 0.6) is 0 Å². The summed E-state index contributed by atoms with van der Waals surface area (Å²) in [6, 6.07) is 9.66. The number of para-hydroxylation sites is 1. The van der Waals surface area contributed by atoms with E-state index in [4.69, 9.17) is 0 Å². The van der Waals surface area contributed by atoms with E-state index < -0.39 is 0 Å². The summed E-state index contributed by atoms with van der Waals surface area (Å²) < 4.78 is 0. The van der Waals surface area contributed by atoms with Gasteiger partial charge < -0.3 is 10.2 Å². The van der Waals surface area contributed by atoms with Crippen molar-refractivity contribution in [2.75, 3.05) is 18.5 Å². The Kier molecular flexibility index (Phi) is 5.49. The molecule has 1 aromatic rings. The Bertz CT molecular complexity index is 335. The van der Waals surface area contributed by atoms with Crippen molar-refractivity contribution in [1.29, 1.82) is 0 Å². The van der Waals surface area contributed by atoms with Gasteiger partial charge in [-0.25, -0.2) is 0 Å². The van der Waals surface area contributed by atoms with Gasteiger partial charge in [0.2, 0.25) is 0 Å². The molecule has 1 N–H and O–H groups in total. The molecule has 2 heteroatoms. The Morgan fingerprint density at radius 2 is 1.82 bits per heavy atom. The monoisotopic (exact) mass is 234 g/mol. The third-order valence-corrected chi connectivity index (χ3v) is 3.55. The molecule has 0 fully saturated rings. The highest BCUT2D eigenvalue weighted by Gasteiger charge is 2.14. The summed E-state index contributed by atoms with van der Waals surface area (Å²) in [6.45, 7) is 9.89. The Morgan fingerprint density at radius 3 is 2.41 bits per heavy atom. The zero-order valence-electron chi connectivity index (χ0n) is 11.8. The molecule has 2 atom stereocenters. The lowest BCUT2D eigenvalue weighted by atomic mass is 10.0. The van der Waals surface area contributed by atoms with Crippen LogP contribution in [0.4, 0.5) is 5.69 Å². The second kappa shape index (κ2) is 6.65. The van der Waals surface area contributed by atoms with Crippen molar-refractivity contribution in [3.05, 3.63) is 29.8 Å². The van der Waals surface area contributed by atoms with E-state index in [0.717, 1.165) is 6.54 Å². The molecule has 2 nitrogen and oxygen atoms in total. The van der Waals surface area contributed by atoms with Gasteiger partial charge in [0.25, 0.3) is 0 Å². The van der Waals surface area contributed by atoms with Gasteiger partial charge in [-0.05, 0) is 38.4 Å². The Morgan fingerprint density at radius 1 is 1.18 bits per heavy atom. The van der Waals surface area contributed by atoms with Crippen LogP contribution in [0.2, 0.25) is 0 Å². The maximum atomic E-state index is 3.49.